The number of nitrogens with one attached hydrogen (secondary N) is 1. The molecule has 9 nitrogen and oxygen atoms in total. The molecule has 4 rings (SSSR count). The van der Waals surface area contributed by atoms with Crippen molar-refractivity contribution in [2.75, 3.05) is 11.5 Å². The molecule has 0 radical (unpaired) electrons. The van der Waals surface area contributed by atoms with Crippen LogP contribution in [0.3, 0.4) is 0 Å². The molecule has 1 aliphatic rings. The van der Waals surface area contributed by atoms with Crippen molar-refractivity contribution in [2.24, 2.45) is 0 Å². The molecule has 1 aliphatic heterocycles. The lowest BCUT2D eigenvalue weighted by Gasteiger charge is -2.14. The summed E-state index contributed by atoms with van der Waals surface area (Å²) >= 11 is 0. The van der Waals surface area contributed by atoms with Crippen molar-refractivity contribution in [2.45, 2.75) is 26.8 Å². The van der Waals surface area contributed by atoms with Crippen LogP contribution in [0.5, 0.6) is 5.75 Å². The normalized spacial score (nSPS) is 13.8. The molecule has 0 unspecified atom stereocenters. The maximum atomic E-state index is 12.9. The highest BCUT2D eigenvalue weighted by molar-refractivity contribution is 6.34. The minimum Gasteiger partial charge on any atom is -0.494 e. The van der Waals surface area contributed by atoms with Crippen LogP contribution in [0.4, 0.5) is 5.69 Å². The Hall–Kier alpha value is -4.01. The number of rotatable bonds is 6. The van der Waals surface area contributed by atoms with Crippen LogP contribution in [0.15, 0.2) is 47.0 Å². The van der Waals surface area contributed by atoms with Crippen molar-refractivity contribution >= 4 is 23.4 Å². The molecule has 158 valence electrons. The van der Waals surface area contributed by atoms with Gasteiger partial charge in [0.15, 0.2) is 5.82 Å². The van der Waals surface area contributed by atoms with Gasteiger partial charge in [-0.3, -0.25) is 14.4 Å². The molecule has 1 atom stereocenters. The lowest BCUT2D eigenvalue weighted by Crippen LogP contribution is -2.29. The maximum Gasteiger partial charge on any atom is 0.266 e. The Labute approximate surface area is 178 Å². The topological polar surface area (TPSA) is 115 Å². The summed E-state index contributed by atoms with van der Waals surface area (Å²) in [7, 11) is 0. The SMILES string of the molecule is CCOc1ccc(N2C(=O)c3ccc(C(=O)N[C@H](C)c4nc(C)no4)cc3C2=O)cc1. The van der Waals surface area contributed by atoms with Gasteiger partial charge in [0, 0.05) is 5.56 Å². The molecule has 2 aromatic carbocycles. The van der Waals surface area contributed by atoms with Gasteiger partial charge in [0.25, 0.3) is 17.7 Å². The van der Waals surface area contributed by atoms with E-state index in [1.54, 1.807) is 38.1 Å². The van der Waals surface area contributed by atoms with E-state index in [1.807, 2.05) is 6.92 Å². The molecule has 0 saturated carbocycles. The fraction of sp³-hybridized carbons (Fsp3) is 0.227. The Balaban J connectivity index is 1.55. The molecular weight excluding hydrogens is 400 g/mol. The number of carbonyl (C=O) groups is 3. The molecule has 1 N–H and O–H groups in total. The number of aromatic nitrogens is 2. The number of anilines is 1. The van der Waals surface area contributed by atoms with Gasteiger partial charge >= 0.3 is 0 Å². The number of benzene rings is 2. The van der Waals surface area contributed by atoms with Crippen LogP contribution >= 0.6 is 0 Å². The van der Waals surface area contributed by atoms with Gasteiger partial charge in [0.2, 0.25) is 5.89 Å². The second kappa shape index (κ2) is 8.02. The molecule has 31 heavy (non-hydrogen) atoms. The third kappa shape index (κ3) is 3.77. The van der Waals surface area contributed by atoms with Crippen LogP contribution in [-0.4, -0.2) is 34.5 Å². The van der Waals surface area contributed by atoms with Crippen molar-refractivity contribution in [3.8, 4) is 5.75 Å². The lowest BCUT2D eigenvalue weighted by atomic mass is 10.1. The summed E-state index contributed by atoms with van der Waals surface area (Å²) in [5.41, 5.74) is 1.10. The van der Waals surface area contributed by atoms with E-state index in [2.05, 4.69) is 15.5 Å². The predicted molar refractivity (Wildman–Crippen MR) is 110 cm³/mol. The Bertz CT molecular complexity index is 1170. The standard InChI is InChI=1S/C22H20N4O5/c1-4-30-16-8-6-15(7-9-16)26-21(28)17-10-5-14(11-18(17)22(26)29)19(27)23-12(2)20-24-13(3)25-31-20/h5-12H,4H2,1-3H3,(H,23,27)/t12-/m1/s1. The zero-order valence-electron chi connectivity index (χ0n) is 17.2. The summed E-state index contributed by atoms with van der Waals surface area (Å²) in [4.78, 5) is 43.6. The van der Waals surface area contributed by atoms with Gasteiger partial charge in [-0.05, 0) is 63.2 Å². The van der Waals surface area contributed by atoms with E-state index < -0.39 is 23.8 Å². The Morgan fingerprint density at radius 2 is 1.84 bits per heavy atom. The van der Waals surface area contributed by atoms with Crippen molar-refractivity contribution in [1.29, 1.82) is 0 Å². The summed E-state index contributed by atoms with van der Waals surface area (Å²) < 4.78 is 10.5. The zero-order chi connectivity index (χ0) is 22.1. The highest BCUT2D eigenvalue weighted by Gasteiger charge is 2.37. The summed E-state index contributed by atoms with van der Waals surface area (Å²) in [6.07, 6.45) is 0. The fourth-order valence-corrected chi connectivity index (χ4v) is 3.31. The average molecular weight is 420 g/mol. The molecular formula is C22H20N4O5. The smallest absolute Gasteiger partial charge is 0.266 e. The molecule has 9 heteroatoms. The van der Waals surface area contributed by atoms with E-state index in [1.165, 1.54) is 18.2 Å². The number of aryl methyl sites for hydroxylation is 1. The van der Waals surface area contributed by atoms with Gasteiger partial charge in [0.05, 0.1) is 23.4 Å². The van der Waals surface area contributed by atoms with Gasteiger partial charge in [-0.15, -0.1) is 0 Å². The molecule has 2 heterocycles. The maximum absolute atomic E-state index is 12.9. The molecule has 0 fully saturated rings. The number of fused-ring (bicyclic) bond motifs is 1. The number of nitrogens with zero attached hydrogens (tertiary/aromatic N) is 3. The highest BCUT2D eigenvalue weighted by atomic mass is 16.5. The first-order valence-corrected chi connectivity index (χ1v) is 9.75. The molecule has 0 aliphatic carbocycles. The second-order valence-electron chi connectivity index (χ2n) is 7.01. The van der Waals surface area contributed by atoms with E-state index in [9.17, 15) is 14.4 Å². The first-order valence-electron chi connectivity index (χ1n) is 9.75. The van der Waals surface area contributed by atoms with Crippen molar-refractivity contribution in [1.82, 2.24) is 15.5 Å². The van der Waals surface area contributed by atoms with E-state index in [-0.39, 0.29) is 22.6 Å². The van der Waals surface area contributed by atoms with Crippen LogP contribution in [-0.2, 0) is 0 Å². The van der Waals surface area contributed by atoms with E-state index >= 15 is 0 Å². The molecule has 0 spiro atoms. The number of carbonyl (C=O) groups excluding carboxylic acids is 3. The summed E-state index contributed by atoms with van der Waals surface area (Å²) in [5.74, 6) is 0.0376. The number of ether oxygens (including phenoxy) is 1. The van der Waals surface area contributed by atoms with Crippen LogP contribution < -0.4 is 15.0 Å². The summed E-state index contributed by atoms with van der Waals surface area (Å²) in [6.45, 7) is 5.78. The van der Waals surface area contributed by atoms with Crippen molar-refractivity contribution < 1.29 is 23.6 Å². The first kappa shape index (κ1) is 20.3. The van der Waals surface area contributed by atoms with Crippen molar-refractivity contribution in [3.63, 3.8) is 0 Å². The highest BCUT2D eigenvalue weighted by Crippen LogP contribution is 2.30. The second-order valence-corrected chi connectivity index (χ2v) is 7.01. The Morgan fingerprint density at radius 1 is 1.13 bits per heavy atom. The average Bonchev–Trinajstić information content (AvgIpc) is 3.30. The number of hydrogen-bond acceptors (Lipinski definition) is 7. The lowest BCUT2D eigenvalue weighted by molar-refractivity contribution is 0.0920. The summed E-state index contributed by atoms with van der Waals surface area (Å²) in [5, 5.41) is 6.45. The van der Waals surface area contributed by atoms with E-state index in [0.29, 0.717) is 23.9 Å². The third-order valence-electron chi connectivity index (χ3n) is 4.82. The quantitative estimate of drug-likeness (QED) is 0.610. The molecule has 0 saturated heterocycles. The van der Waals surface area contributed by atoms with Gasteiger partial charge in [-0.25, -0.2) is 4.90 Å². The monoisotopic (exact) mass is 420 g/mol. The van der Waals surface area contributed by atoms with Crippen LogP contribution in [0, 0.1) is 6.92 Å². The molecule has 3 amide bonds. The molecule has 3 aromatic rings. The van der Waals surface area contributed by atoms with Gasteiger partial charge < -0.3 is 14.6 Å². The number of hydrogen-bond donors (Lipinski definition) is 1. The summed E-state index contributed by atoms with van der Waals surface area (Å²) in [6, 6.07) is 10.6. The fourth-order valence-electron chi connectivity index (χ4n) is 3.31. The van der Waals surface area contributed by atoms with Crippen LogP contribution in [0.25, 0.3) is 0 Å². The number of imide groups is 1. The first-order chi connectivity index (χ1) is 14.9. The minimum atomic E-state index is -0.514. The third-order valence-corrected chi connectivity index (χ3v) is 4.82. The predicted octanol–water partition coefficient (Wildman–Crippen LogP) is 3.07. The molecule has 1 aromatic heterocycles. The Morgan fingerprint density at radius 3 is 2.48 bits per heavy atom. The van der Waals surface area contributed by atoms with E-state index in [0.717, 1.165) is 4.90 Å². The van der Waals surface area contributed by atoms with Gasteiger partial charge in [-0.1, -0.05) is 5.16 Å². The largest absolute Gasteiger partial charge is 0.494 e. The Kier molecular flexibility index (Phi) is 5.24. The minimum absolute atomic E-state index is 0.174. The van der Waals surface area contributed by atoms with Crippen LogP contribution in [0.2, 0.25) is 0 Å². The molecule has 0 bridgehead atoms. The zero-order valence-corrected chi connectivity index (χ0v) is 17.2. The van der Waals surface area contributed by atoms with Crippen molar-refractivity contribution in [3.05, 3.63) is 70.9 Å². The van der Waals surface area contributed by atoms with E-state index in [4.69, 9.17) is 9.26 Å². The van der Waals surface area contributed by atoms with Gasteiger partial charge in [-0.2, -0.15) is 4.98 Å². The van der Waals surface area contributed by atoms with Crippen LogP contribution in [0.1, 0.15) is 62.7 Å². The number of amides is 3. The van der Waals surface area contributed by atoms with Gasteiger partial charge in [0.1, 0.15) is 11.8 Å².